The summed E-state index contributed by atoms with van der Waals surface area (Å²) in [7, 11) is 0. The van der Waals surface area contributed by atoms with Crippen LogP contribution in [0.15, 0.2) is 30.3 Å². The van der Waals surface area contributed by atoms with Crippen LogP contribution in [0.1, 0.15) is 29.8 Å². The first-order valence-corrected chi connectivity index (χ1v) is 10.9. The first kappa shape index (κ1) is 19.2. The van der Waals surface area contributed by atoms with E-state index in [1.807, 2.05) is 18.2 Å². The van der Waals surface area contributed by atoms with Crippen molar-refractivity contribution in [2.24, 2.45) is 0 Å². The minimum absolute atomic E-state index is 0.168. The fraction of sp³-hybridized carbons (Fsp3) is 0.348. The lowest BCUT2D eigenvalue weighted by atomic mass is 10.0. The smallest absolute Gasteiger partial charge is 0.240 e. The Hall–Kier alpha value is -3.46. The topological polar surface area (TPSA) is 90.8 Å². The zero-order valence-corrected chi connectivity index (χ0v) is 17.6. The van der Waals surface area contributed by atoms with Gasteiger partial charge < -0.3 is 20.1 Å². The number of likely N-dealkylation sites (tertiary alicyclic amines) is 1. The van der Waals surface area contributed by atoms with Gasteiger partial charge in [0, 0.05) is 24.4 Å². The third-order valence-corrected chi connectivity index (χ3v) is 6.20. The molecule has 0 amide bonds. The minimum atomic E-state index is -0.299. The molecule has 6 rings (SSSR count). The van der Waals surface area contributed by atoms with Gasteiger partial charge in [0.2, 0.25) is 12.7 Å². The molecule has 0 radical (unpaired) electrons. The van der Waals surface area contributed by atoms with Gasteiger partial charge in [-0.25, -0.2) is 9.37 Å². The lowest BCUT2D eigenvalue weighted by Crippen LogP contribution is -2.22. The van der Waals surface area contributed by atoms with E-state index in [2.05, 4.69) is 15.0 Å². The molecule has 2 aromatic carbocycles. The number of nitrogen functional groups attached to an aromatic ring is 1. The van der Waals surface area contributed by atoms with Gasteiger partial charge in [0.25, 0.3) is 0 Å². The molecule has 0 aliphatic carbocycles. The molecule has 2 N–H and O–H groups in total. The van der Waals surface area contributed by atoms with Crippen molar-refractivity contribution in [1.82, 2.24) is 24.5 Å². The van der Waals surface area contributed by atoms with E-state index in [1.165, 1.54) is 18.9 Å². The molecule has 9 heteroatoms. The summed E-state index contributed by atoms with van der Waals surface area (Å²) in [6, 6.07) is 8.80. The number of halogens is 1. The van der Waals surface area contributed by atoms with Gasteiger partial charge in [-0.2, -0.15) is 9.50 Å². The van der Waals surface area contributed by atoms with Gasteiger partial charge >= 0.3 is 0 Å². The molecule has 4 aromatic rings. The average molecular weight is 434 g/mol. The van der Waals surface area contributed by atoms with E-state index in [4.69, 9.17) is 20.2 Å². The lowest BCUT2D eigenvalue weighted by Gasteiger charge is -2.16. The molecule has 0 atom stereocenters. The maximum Gasteiger partial charge on any atom is 0.240 e. The Labute approximate surface area is 183 Å². The van der Waals surface area contributed by atoms with Crippen molar-refractivity contribution in [2.45, 2.75) is 25.7 Å². The van der Waals surface area contributed by atoms with Crippen LogP contribution in [0.5, 0.6) is 11.5 Å². The van der Waals surface area contributed by atoms with E-state index in [0.717, 1.165) is 48.3 Å². The normalized spacial score (nSPS) is 15.9. The Morgan fingerprint density at radius 1 is 1.03 bits per heavy atom. The molecule has 0 spiro atoms. The van der Waals surface area contributed by atoms with Crippen molar-refractivity contribution in [3.63, 3.8) is 0 Å². The van der Waals surface area contributed by atoms with Gasteiger partial charge in [-0.1, -0.05) is 6.07 Å². The number of hydrogen-bond acceptors (Lipinski definition) is 7. The molecule has 1 fully saturated rings. The van der Waals surface area contributed by atoms with Crippen molar-refractivity contribution in [3.8, 4) is 11.5 Å². The van der Waals surface area contributed by atoms with Crippen LogP contribution in [0.25, 0.3) is 16.6 Å². The molecule has 164 valence electrons. The highest BCUT2D eigenvalue weighted by molar-refractivity contribution is 5.94. The predicted octanol–water partition coefficient (Wildman–Crippen LogP) is 2.96. The van der Waals surface area contributed by atoms with Crippen molar-refractivity contribution >= 4 is 22.5 Å². The van der Waals surface area contributed by atoms with Crippen molar-refractivity contribution in [3.05, 3.63) is 53.1 Å². The van der Waals surface area contributed by atoms with Gasteiger partial charge in [0.1, 0.15) is 11.6 Å². The van der Waals surface area contributed by atoms with Crippen LogP contribution in [0.4, 0.5) is 10.3 Å². The summed E-state index contributed by atoms with van der Waals surface area (Å²) in [6.07, 6.45) is 3.63. The third-order valence-electron chi connectivity index (χ3n) is 6.20. The number of nitrogens with zero attached hydrogens (tertiary/aromatic N) is 5. The second kappa shape index (κ2) is 7.59. The Bertz CT molecular complexity index is 1330. The van der Waals surface area contributed by atoms with E-state index in [-0.39, 0.29) is 18.6 Å². The maximum absolute atomic E-state index is 14.6. The Kier molecular flexibility index (Phi) is 4.57. The highest BCUT2D eigenvalue weighted by Gasteiger charge is 2.20. The van der Waals surface area contributed by atoms with Crippen LogP contribution >= 0.6 is 0 Å². The summed E-state index contributed by atoms with van der Waals surface area (Å²) in [5.41, 5.74) is 9.01. The van der Waals surface area contributed by atoms with Gasteiger partial charge in [-0.15, -0.1) is 5.10 Å². The van der Waals surface area contributed by atoms with Crippen LogP contribution in [0.3, 0.4) is 0 Å². The fourth-order valence-electron chi connectivity index (χ4n) is 4.68. The predicted molar refractivity (Wildman–Crippen MR) is 117 cm³/mol. The molecule has 0 saturated carbocycles. The van der Waals surface area contributed by atoms with Crippen LogP contribution in [-0.4, -0.2) is 50.9 Å². The Morgan fingerprint density at radius 2 is 1.88 bits per heavy atom. The summed E-state index contributed by atoms with van der Waals surface area (Å²) in [6.45, 7) is 3.29. The number of nitrogens with two attached hydrogens (primary N) is 1. The molecule has 1 saturated heterocycles. The van der Waals surface area contributed by atoms with Crippen LogP contribution in [-0.2, 0) is 12.8 Å². The number of fused-ring (bicyclic) bond motifs is 4. The van der Waals surface area contributed by atoms with Gasteiger partial charge in [-0.3, -0.25) is 0 Å². The van der Waals surface area contributed by atoms with E-state index in [1.54, 1.807) is 10.6 Å². The number of anilines is 1. The molecule has 2 aromatic heterocycles. The van der Waals surface area contributed by atoms with E-state index < -0.39 is 0 Å². The second-order valence-corrected chi connectivity index (χ2v) is 8.36. The molecular weight excluding hydrogens is 411 g/mol. The lowest BCUT2D eigenvalue weighted by molar-refractivity contribution is 0.174. The zero-order chi connectivity index (χ0) is 21.7. The molecular formula is C23H23FN6O2. The highest BCUT2D eigenvalue weighted by Crippen LogP contribution is 2.33. The quantitative estimate of drug-likeness (QED) is 0.516. The van der Waals surface area contributed by atoms with E-state index in [0.29, 0.717) is 29.2 Å². The SMILES string of the molecule is Nc1nc2c3c(CCN4CCCC4)cc(F)cc3nc(Cc3ccc4c(c3)OCO4)n2n1. The van der Waals surface area contributed by atoms with Crippen LogP contribution in [0.2, 0.25) is 0 Å². The summed E-state index contributed by atoms with van der Waals surface area (Å²) >= 11 is 0. The fourth-order valence-corrected chi connectivity index (χ4v) is 4.68. The number of aromatic nitrogens is 4. The third kappa shape index (κ3) is 3.38. The first-order valence-electron chi connectivity index (χ1n) is 10.9. The Balaban J connectivity index is 1.44. The number of benzene rings is 2. The molecule has 32 heavy (non-hydrogen) atoms. The minimum Gasteiger partial charge on any atom is -0.454 e. The summed E-state index contributed by atoms with van der Waals surface area (Å²) in [5.74, 6) is 1.92. The summed E-state index contributed by atoms with van der Waals surface area (Å²) < 4.78 is 27.1. The van der Waals surface area contributed by atoms with E-state index >= 15 is 0 Å². The number of ether oxygens (including phenoxy) is 2. The molecule has 0 bridgehead atoms. The summed E-state index contributed by atoms with van der Waals surface area (Å²) in [5, 5.41) is 5.20. The summed E-state index contributed by atoms with van der Waals surface area (Å²) in [4.78, 5) is 11.7. The largest absolute Gasteiger partial charge is 0.454 e. The molecule has 2 aliphatic rings. The molecule has 0 unspecified atom stereocenters. The van der Waals surface area contributed by atoms with Gasteiger partial charge in [-0.05, 0) is 61.7 Å². The number of rotatable bonds is 5. The van der Waals surface area contributed by atoms with Crippen molar-refractivity contribution < 1.29 is 13.9 Å². The average Bonchev–Trinajstić information content (AvgIpc) is 3.52. The van der Waals surface area contributed by atoms with Gasteiger partial charge in [0.05, 0.1) is 5.52 Å². The standard InChI is InChI=1S/C23H23FN6O2/c24-16-11-15(5-8-29-6-1-2-7-29)21-17(12-16)26-20(30-22(21)27-23(25)28-30)10-14-3-4-18-19(9-14)32-13-31-18/h3-4,9,11-12H,1-2,5-8,10,13H2,(H2,25,28). The second-order valence-electron chi connectivity index (χ2n) is 8.36. The van der Waals surface area contributed by atoms with Crippen molar-refractivity contribution in [1.29, 1.82) is 0 Å². The van der Waals surface area contributed by atoms with Crippen LogP contribution in [0, 0.1) is 5.82 Å². The first-order chi connectivity index (χ1) is 15.6. The Morgan fingerprint density at radius 3 is 2.75 bits per heavy atom. The zero-order valence-electron chi connectivity index (χ0n) is 17.6. The molecule has 4 heterocycles. The maximum atomic E-state index is 14.6. The van der Waals surface area contributed by atoms with Gasteiger partial charge in [0.15, 0.2) is 17.1 Å². The number of hydrogen-bond donors (Lipinski definition) is 1. The monoisotopic (exact) mass is 434 g/mol. The van der Waals surface area contributed by atoms with Crippen LogP contribution < -0.4 is 15.2 Å². The molecule has 8 nitrogen and oxygen atoms in total. The molecule has 2 aliphatic heterocycles. The van der Waals surface area contributed by atoms with E-state index in [9.17, 15) is 4.39 Å². The van der Waals surface area contributed by atoms with Crippen molar-refractivity contribution in [2.75, 3.05) is 32.2 Å². The highest BCUT2D eigenvalue weighted by atomic mass is 19.1.